The minimum absolute atomic E-state index is 0.171. The predicted octanol–water partition coefficient (Wildman–Crippen LogP) is 1.44. The zero-order valence-corrected chi connectivity index (χ0v) is 25.7. The lowest BCUT2D eigenvalue weighted by Gasteiger charge is -2.35. The molecule has 4 heterocycles. The molecule has 44 heavy (non-hydrogen) atoms. The zero-order chi connectivity index (χ0) is 31.5. The number of nitrogens with zero attached hydrogens (tertiary/aromatic N) is 4. The molecule has 0 radical (unpaired) electrons. The van der Waals surface area contributed by atoms with Crippen molar-refractivity contribution in [3.05, 3.63) is 34.9 Å². The van der Waals surface area contributed by atoms with Crippen molar-refractivity contribution in [3.8, 4) is 0 Å². The number of halogens is 1. The highest BCUT2D eigenvalue weighted by Crippen LogP contribution is 2.31. The van der Waals surface area contributed by atoms with Gasteiger partial charge >= 0.3 is 5.97 Å². The van der Waals surface area contributed by atoms with Crippen LogP contribution in [0.3, 0.4) is 0 Å². The van der Waals surface area contributed by atoms with Gasteiger partial charge in [-0.05, 0) is 63.0 Å². The first-order chi connectivity index (χ1) is 21.1. The minimum Gasteiger partial charge on any atom is -0.480 e. The molecular weight excluding hydrogens is 590 g/mol. The summed E-state index contributed by atoms with van der Waals surface area (Å²) < 4.78 is 0. The Morgan fingerprint density at radius 3 is 1.66 bits per heavy atom. The van der Waals surface area contributed by atoms with E-state index in [0.717, 1.165) is 0 Å². The second-order valence-corrected chi connectivity index (χ2v) is 12.6. The Labute approximate surface area is 261 Å². The molecule has 4 aliphatic rings. The van der Waals surface area contributed by atoms with Crippen molar-refractivity contribution in [1.82, 2.24) is 24.9 Å². The van der Waals surface area contributed by atoms with Gasteiger partial charge in [0.15, 0.2) is 0 Å². The smallest absolute Gasteiger partial charge is 0.326 e. The molecule has 5 atom stereocenters. The van der Waals surface area contributed by atoms with Crippen LogP contribution in [0.1, 0.15) is 63.9 Å². The molecule has 5 rings (SSSR count). The number of carbonyl (C=O) groups excluding carboxylic acids is 5. The van der Waals surface area contributed by atoms with Crippen LogP contribution in [0.25, 0.3) is 0 Å². The molecule has 12 nitrogen and oxygen atoms in total. The van der Waals surface area contributed by atoms with Crippen molar-refractivity contribution in [2.45, 2.75) is 94.9 Å². The van der Waals surface area contributed by atoms with Crippen LogP contribution in [-0.2, 0) is 35.2 Å². The number of carbonyl (C=O) groups is 6. The summed E-state index contributed by atoms with van der Waals surface area (Å²) in [6.07, 6.45) is 4.35. The fourth-order valence-electron chi connectivity index (χ4n) is 7.25. The maximum atomic E-state index is 14.0. The van der Waals surface area contributed by atoms with E-state index in [1.807, 2.05) is 0 Å². The summed E-state index contributed by atoms with van der Waals surface area (Å²) in [7, 11) is 0. The molecule has 4 fully saturated rings. The van der Waals surface area contributed by atoms with E-state index >= 15 is 0 Å². The van der Waals surface area contributed by atoms with Crippen LogP contribution in [0.15, 0.2) is 24.3 Å². The van der Waals surface area contributed by atoms with Gasteiger partial charge in [0.25, 0.3) is 0 Å². The molecule has 1 aromatic carbocycles. The average molecular weight is 630 g/mol. The van der Waals surface area contributed by atoms with E-state index in [1.165, 1.54) is 21.6 Å². The first-order valence-corrected chi connectivity index (χ1v) is 15.9. The Morgan fingerprint density at radius 1 is 0.750 bits per heavy atom. The first kappa shape index (κ1) is 31.7. The fraction of sp³-hybridized carbons (Fsp3) is 0.613. The van der Waals surface area contributed by atoms with Gasteiger partial charge in [-0.25, -0.2) is 4.79 Å². The topological polar surface area (TPSA) is 148 Å². The van der Waals surface area contributed by atoms with Crippen molar-refractivity contribution in [1.29, 1.82) is 0 Å². The van der Waals surface area contributed by atoms with E-state index in [1.54, 1.807) is 29.2 Å². The number of carboxylic acid groups (broad SMARTS) is 1. The molecule has 238 valence electrons. The molecular formula is C31H40ClN5O7. The van der Waals surface area contributed by atoms with Gasteiger partial charge in [0.2, 0.25) is 29.5 Å². The highest BCUT2D eigenvalue weighted by atomic mass is 35.5. The maximum absolute atomic E-state index is 14.0. The lowest BCUT2D eigenvalue weighted by Crippen LogP contribution is -2.58. The molecule has 4 aliphatic heterocycles. The number of amides is 5. The van der Waals surface area contributed by atoms with Gasteiger partial charge in [0.05, 0.1) is 0 Å². The van der Waals surface area contributed by atoms with Gasteiger partial charge in [-0.3, -0.25) is 24.0 Å². The van der Waals surface area contributed by atoms with E-state index in [9.17, 15) is 33.9 Å². The van der Waals surface area contributed by atoms with Crippen molar-refractivity contribution in [3.63, 3.8) is 0 Å². The molecule has 0 spiro atoms. The molecule has 0 bridgehead atoms. The molecule has 1 aromatic rings. The van der Waals surface area contributed by atoms with Gasteiger partial charge in [0.1, 0.15) is 30.2 Å². The molecule has 0 aromatic heterocycles. The van der Waals surface area contributed by atoms with Crippen LogP contribution in [0.5, 0.6) is 0 Å². The number of benzene rings is 1. The van der Waals surface area contributed by atoms with E-state index in [0.29, 0.717) is 88.1 Å². The van der Waals surface area contributed by atoms with Gasteiger partial charge < -0.3 is 30.0 Å². The van der Waals surface area contributed by atoms with E-state index in [2.05, 4.69) is 5.32 Å². The largest absolute Gasteiger partial charge is 0.480 e. The highest BCUT2D eigenvalue weighted by molar-refractivity contribution is 6.31. The van der Waals surface area contributed by atoms with E-state index in [-0.39, 0.29) is 36.0 Å². The highest BCUT2D eigenvalue weighted by Gasteiger charge is 2.48. The summed E-state index contributed by atoms with van der Waals surface area (Å²) >= 11 is 6.34. The number of hydrogen-bond acceptors (Lipinski definition) is 6. The Balaban J connectivity index is 1.29. The van der Waals surface area contributed by atoms with Crippen LogP contribution < -0.4 is 5.32 Å². The third-order valence-electron chi connectivity index (χ3n) is 9.34. The average Bonchev–Trinajstić information content (AvgIpc) is 3.82. The first-order valence-electron chi connectivity index (χ1n) is 15.5. The van der Waals surface area contributed by atoms with Crippen LogP contribution in [0.2, 0.25) is 5.02 Å². The van der Waals surface area contributed by atoms with Gasteiger partial charge in [0, 0.05) is 44.5 Å². The lowest BCUT2D eigenvalue weighted by atomic mass is 10.0. The zero-order valence-electron chi connectivity index (χ0n) is 25.0. The Kier molecular flexibility index (Phi) is 9.77. The number of nitrogens with one attached hydrogen (secondary N) is 1. The number of aliphatic carboxylic acids is 1. The standard InChI is InChI=1S/C31H40ClN5O7/c1-19(38)33-22(18-20-8-2-3-9-21(20)32)27(39)34-14-4-10-23(34)28(40)35-15-5-11-24(35)29(41)36-16-6-12-25(36)30(42)37-17-7-13-26(37)31(43)44/h2-3,8-9,22-26H,4-7,10-18H2,1H3,(H,33,38)(H,43,44)/t22-,23-,24-,25-,26-/m0/s1. The number of rotatable bonds is 8. The number of carboxylic acids is 1. The second-order valence-electron chi connectivity index (χ2n) is 12.1. The fourth-order valence-corrected chi connectivity index (χ4v) is 7.47. The van der Waals surface area contributed by atoms with Crippen LogP contribution in [0, 0.1) is 0 Å². The maximum Gasteiger partial charge on any atom is 0.326 e. The second kappa shape index (κ2) is 13.5. The van der Waals surface area contributed by atoms with Crippen molar-refractivity contribution in [2.24, 2.45) is 0 Å². The summed E-state index contributed by atoms with van der Waals surface area (Å²) in [6, 6.07) is 3.04. The molecule has 4 saturated heterocycles. The third kappa shape index (κ3) is 6.40. The van der Waals surface area contributed by atoms with Crippen molar-refractivity contribution in [2.75, 3.05) is 26.2 Å². The monoisotopic (exact) mass is 629 g/mol. The van der Waals surface area contributed by atoms with Gasteiger partial charge in [-0.1, -0.05) is 29.8 Å². The number of likely N-dealkylation sites (tertiary alicyclic amines) is 4. The molecule has 0 unspecified atom stereocenters. The van der Waals surface area contributed by atoms with E-state index < -0.39 is 36.2 Å². The lowest BCUT2D eigenvalue weighted by molar-refractivity contribution is -0.154. The Bertz CT molecular complexity index is 1320. The summed E-state index contributed by atoms with van der Waals surface area (Å²) in [4.78, 5) is 84.9. The van der Waals surface area contributed by atoms with Gasteiger partial charge in [-0.2, -0.15) is 0 Å². The molecule has 5 amide bonds. The normalized spacial score (nSPS) is 25.8. The van der Waals surface area contributed by atoms with Crippen molar-refractivity contribution >= 4 is 47.1 Å². The summed E-state index contributed by atoms with van der Waals surface area (Å²) in [5, 5.41) is 12.8. The predicted molar refractivity (Wildman–Crippen MR) is 159 cm³/mol. The summed E-state index contributed by atoms with van der Waals surface area (Å²) in [5.74, 6) is -2.74. The van der Waals surface area contributed by atoms with Crippen molar-refractivity contribution < 1.29 is 33.9 Å². The van der Waals surface area contributed by atoms with E-state index in [4.69, 9.17) is 11.6 Å². The summed E-state index contributed by atoms with van der Waals surface area (Å²) in [5.41, 5.74) is 0.701. The quantitative estimate of drug-likeness (QED) is 0.442. The Morgan fingerprint density at radius 2 is 1.18 bits per heavy atom. The molecule has 13 heteroatoms. The minimum atomic E-state index is -1.04. The molecule has 2 N–H and O–H groups in total. The Hall–Kier alpha value is -3.67. The third-order valence-corrected chi connectivity index (χ3v) is 9.71. The molecule has 0 saturated carbocycles. The summed E-state index contributed by atoms with van der Waals surface area (Å²) in [6.45, 7) is 2.77. The van der Waals surface area contributed by atoms with Crippen LogP contribution >= 0.6 is 11.6 Å². The number of hydrogen-bond donors (Lipinski definition) is 2. The molecule has 0 aliphatic carbocycles. The SMILES string of the molecule is CC(=O)N[C@@H](Cc1ccccc1Cl)C(=O)N1CCC[C@H]1C(=O)N1CCC[C@H]1C(=O)N1CCC[C@H]1C(=O)N1CCC[C@H]1C(=O)O. The van der Waals surface area contributed by atoms with Crippen LogP contribution in [0.4, 0.5) is 0 Å². The van der Waals surface area contributed by atoms with Crippen LogP contribution in [-0.4, -0.2) is 117 Å². The van der Waals surface area contributed by atoms with Gasteiger partial charge in [-0.15, -0.1) is 0 Å².